The van der Waals surface area contributed by atoms with Crippen LogP contribution in [0.4, 0.5) is 4.79 Å². The summed E-state index contributed by atoms with van der Waals surface area (Å²) in [6.07, 6.45) is 1.87. The number of sulfone groups is 1. The van der Waals surface area contributed by atoms with E-state index in [1.165, 1.54) is 23.3 Å². The number of likely N-dealkylation sites (tertiary alicyclic amines) is 1. The van der Waals surface area contributed by atoms with Crippen LogP contribution in [0.1, 0.15) is 29.5 Å². The third-order valence-electron chi connectivity index (χ3n) is 4.32. The molecule has 1 aliphatic heterocycles. The smallest absolute Gasteiger partial charge is 0.407 e. The van der Waals surface area contributed by atoms with E-state index < -0.39 is 15.9 Å². The number of rotatable bonds is 5. The number of aromatic nitrogens is 1. The maximum atomic E-state index is 11.4. The van der Waals surface area contributed by atoms with Crippen molar-refractivity contribution in [2.75, 3.05) is 19.3 Å². The second kappa shape index (κ2) is 7.63. The lowest BCUT2D eigenvalue weighted by Gasteiger charge is -2.28. The number of carbonyl (C=O) groups is 1. The van der Waals surface area contributed by atoms with Crippen molar-refractivity contribution in [3.63, 3.8) is 0 Å². The predicted molar refractivity (Wildman–Crippen MR) is 97.6 cm³/mol. The van der Waals surface area contributed by atoms with Gasteiger partial charge in [-0.3, -0.25) is 0 Å². The normalized spacial score (nSPS) is 15.8. The first-order valence-corrected chi connectivity index (χ1v) is 10.9. The molecule has 1 N–H and O–H groups in total. The molecule has 1 aromatic carbocycles. The van der Waals surface area contributed by atoms with Crippen LogP contribution in [0.15, 0.2) is 34.5 Å². The summed E-state index contributed by atoms with van der Waals surface area (Å²) in [5.41, 5.74) is 0.817. The first kappa shape index (κ1) is 18.7. The largest absolute Gasteiger partial charge is 0.487 e. The van der Waals surface area contributed by atoms with Gasteiger partial charge in [0, 0.05) is 30.6 Å². The van der Waals surface area contributed by atoms with Gasteiger partial charge in [0.15, 0.2) is 9.84 Å². The minimum absolute atomic E-state index is 0.258. The SMILES string of the molecule is CS(=O)(=O)c1ccc(OCc2csc(C3CCN(C(=O)O)CC3)n2)cc1. The Morgan fingerprint density at radius 2 is 1.96 bits per heavy atom. The van der Waals surface area contributed by atoms with Crippen LogP contribution in [-0.2, 0) is 16.4 Å². The summed E-state index contributed by atoms with van der Waals surface area (Å²) < 4.78 is 28.6. The molecule has 0 bridgehead atoms. The lowest BCUT2D eigenvalue weighted by atomic mass is 9.98. The highest BCUT2D eigenvalue weighted by Gasteiger charge is 2.25. The average Bonchev–Trinajstić information content (AvgIpc) is 3.08. The molecule has 1 amide bonds. The zero-order valence-electron chi connectivity index (χ0n) is 14.3. The number of piperidine rings is 1. The van der Waals surface area contributed by atoms with Crippen LogP contribution < -0.4 is 4.74 Å². The van der Waals surface area contributed by atoms with E-state index in [-0.39, 0.29) is 4.90 Å². The molecule has 140 valence electrons. The Bertz CT molecular complexity index is 869. The molecule has 2 heterocycles. The fourth-order valence-corrected chi connectivity index (χ4v) is 4.44. The van der Waals surface area contributed by atoms with Crippen LogP contribution in [0.25, 0.3) is 0 Å². The fourth-order valence-electron chi connectivity index (χ4n) is 2.83. The molecule has 0 unspecified atom stereocenters. The molecule has 0 atom stereocenters. The predicted octanol–water partition coefficient (Wildman–Crippen LogP) is 2.98. The molecule has 3 rings (SSSR count). The van der Waals surface area contributed by atoms with Gasteiger partial charge in [-0.15, -0.1) is 11.3 Å². The van der Waals surface area contributed by atoms with Crippen molar-refractivity contribution >= 4 is 27.3 Å². The minimum atomic E-state index is -3.21. The molecule has 1 fully saturated rings. The second-order valence-corrected chi connectivity index (χ2v) is 9.16. The van der Waals surface area contributed by atoms with Crippen LogP contribution >= 0.6 is 11.3 Å². The monoisotopic (exact) mass is 396 g/mol. The van der Waals surface area contributed by atoms with Gasteiger partial charge in [0.05, 0.1) is 15.6 Å². The van der Waals surface area contributed by atoms with Gasteiger partial charge in [0.2, 0.25) is 0 Å². The molecule has 0 spiro atoms. The molecule has 1 aliphatic rings. The van der Waals surface area contributed by atoms with Gasteiger partial charge in [-0.1, -0.05) is 0 Å². The number of benzene rings is 1. The quantitative estimate of drug-likeness (QED) is 0.834. The summed E-state index contributed by atoms with van der Waals surface area (Å²) in [7, 11) is -3.21. The second-order valence-electron chi connectivity index (χ2n) is 6.25. The van der Waals surface area contributed by atoms with E-state index in [1.54, 1.807) is 23.5 Å². The van der Waals surface area contributed by atoms with E-state index in [0.717, 1.165) is 23.5 Å². The van der Waals surface area contributed by atoms with Crippen molar-refractivity contribution < 1.29 is 23.1 Å². The number of hydrogen-bond donors (Lipinski definition) is 1. The van der Waals surface area contributed by atoms with Crippen molar-refractivity contribution in [1.82, 2.24) is 9.88 Å². The van der Waals surface area contributed by atoms with Gasteiger partial charge in [-0.25, -0.2) is 18.2 Å². The fraction of sp³-hybridized carbons (Fsp3) is 0.412. The molecule has 0 radical (unpaired) electrons. The Morgan fingerprint density at radius 1 is 1.31 bits per heavy atom. The molecule has 9 heteroatoms. The summed E-state index contributed by atoms with van der Waals surface area (Å²) in [6.45, 7) is 1.39. The van der Waals surface area contributed by atoms with E-state index in [0.29, 0.717) is 31.4 Å². The highest BCUT2D eigenvalue weighted by atomic mass is 32.2. The molecule has 0 saturated carbocycles. The Morgan fingerprint density at radius 3 is 2.54 bits per heavy atom. The number of carboxylic acid groups (broad SMARTS) is 1. The van der Waals surface area contributed by atoms with Gasteiger partial charge in [-0.2, -0.15) is 0 Å². The number of ether oxygens (including phenoxy) is 1. The third kappa shape index (κ3) is 4.53. The van der Waals surface area contributed by atoms with Crippen LogP contribution in [0, 0.1) is 0 Å². The van der Waals surface area contributed by atoms with Gasteiger partial charge in [-0.05, 0) is 37.1 Å². The van der Waals surface area contributed by atoms with Gasteiger partial charge < -0.3 is 14.7 Å². The van der Waals surface area contributed by atoms with E-state index in [4.69, 9.17) is 9.84 Å². The van der Waals surface area contributed by atoms with Gasteiger partial charge in [0.1, 0.15) is 12.4 Å². The Balaban J connectivity index is 1.55. The van der Waals surface area contributed by atoms with Crippen LogP contribution in [0.2, 0.25) is 0 Å². The Hall–Kier alpha value is -2.13. The Labute approximate surface area is 156 Å². The lowest BCUT2D eigenvalue weighted by molar-refractivity contribution is 0.132. The number of thiazole rings is 1. The molecule has 1 saturated heterocycles. The van der Waals surface area contributed by atoms with E-state index >= 15 is 0 Å². The zero-order chi connectivity index (χ0) is 18.7. The van der Waals surface area contributed by atoms with Crippen molar-refractivity contribution in [1.29, 1.82) is 0 Å². The van der Waals surface area contributed by atoms with Gasteiger partial charge in [0.25, 0.3) is 0 Å². The van der Waals surface area contributed by atoms with Gasteiger partial charge >= 0.3 is 6.09 Å². The first-order valence-electron chi connectivity index (χ1n) is 8.18. The average molecular weight is 396 g/mol. The number of nitrogens with zero attached hydrogens (tertiary/aromatic N) is 2. The molecular formula is C17H20N2O5S2. The highest BCUT2D eigenvalue weighted by molar-refractivity contribution is 7.90. The Kier molecular flexibility index (Phi) is 5.47. The van der Waals surface area contributed by atoms with Crippen molar-refractivity contribution in [2.45, 2.75) is 30.3 Å². The van der Waals surface area contributed by atoms with Crippen molar-refractivity contribution in [2.24, 2.45) is 0 Å². The standard InChI is InChI=1S/C17H20N2O5S2/c1-26(22,23)15-4-2-14(3-5-15)24-10-13-11-25-16(18-13)12-6-8-19(9-7-12)17(20)21/h2-5,11-12H,6-10H2,1H3,(H,20,21). The molecule has 7 nitrogen and oxygen atoms in total. The van der Waals surface area contributed by atoms with E-state index in [1.807, 2.05) is 5.38 Å². The van der Waals surface area contributed by atoms with Crippen LogP contribution in [0.5, 0.6) is 5.75 Å². The topological polar surface area (TPSA) is 96.8 Å². The van der Waals surface area contributed by atoms with Crippen LogP contribution in [0.3, 0.4) is 0 Å². The molecule has 26 heavy (non-hydrogen) atoms. The summed E-state index contributed by atoms with van der Waals surface area (Å²) in [5, 5.41) is 12.0. The minimum Gasteiger partial charge on any atom is -0.487 e. The first-order chi connectivity index (χ1) is 12.3. The summed E-state index contributed by atoms with van der Waals surface area (Å²) >= 11 is 1.57. The molecule has 2 aromatic rings. The third-order valence-corrected chi connectivity index (χ3v) is 6.51. The molecular weight excluding hydrogens is 376 g/mol. The maximum absolute atomic E-state index is 11.4. The molecule has 0 aliphatic carbocycles. The van der Waals surface area contributed by atoms with Crippen molar-refractivity contribution in [3.8, 4) is 5.75 Å². The maximum Gasteiger partial charge on any atom is 0.407 e. The summed E-state index contributed by atoms with van der Waals surface area (Å²) in [4.78, 5) is 17.3. The number of amides is 1. The molecule has 1 aromatic heterocycles. The van der Waals surface area contributed by atoms with Crippen molar-refractivity contribution in [3.05, 3.63) is 40.3 Å². The highest BCUT2D eigenvalue weighted by Crippen LogP contribution is 2.30. The van der Waals surface area contributed by atoms with E-state index in [2.05, 4.69) is 4.98 Å². The lowest BCUT2D eigenvalue weighted by Crippen LogP contribution is -2.36. The van der Waals surface area contributed by atoms with E-state index in [9.17, 15) is 13.2 Å². The summed E-state index contributed by atoms with van der Waals surface area (Å²) in [6, 6.07) is 6.30. The number of hydrogen-bond acceptors (Lipinski definition) is 6. The summed E-state index contributed by atoms with van der Waals surface area (Å²) in [5.74, 6) is 0.875. The zero-order valence-corrected chi connectivity index (χ0v) is 15.9. The van der Waals surface area contributed by atoms with Crippen LogP contribution in [-0.4, -0.2) is 48.8 Å².